The van der Waals surface area contributed by atoms with Crippen LogP contribution in [0.4, 0.5) is 4.39 Å². The van der Waals surface area contributed by atoms with Crippen molar-refractivity contribution in [2.24, 2.45) is 0 Å². The van der Waals surface area contributed by atoms with E-state index in [1.54, 1.807) is 0 Å². The summed E-state index contributed by atoms with van der Waals surface area (Å²) in [5.74, 6) is -1.19. The van der Waals surface area contributed by atoms with Crippen LogP contribution >= 0.6 is 23.2 Å². The molecule has 2 aromatic rings. The molecule has 0 saturated carbocycles. The predicted octanol–water partition coefficient (Wildman–Crippen LogP) is 4.11. The Bertz CT molecular complexity index is 684. The summed E-state index contributed by atoms with van der Waals surface area (Å²) in [7, 11) is 0. The number of alkyl halides is 1. The van der Waals surface area contributed by atoms with Gasteiger partial charge in [-0.2, -0.15) is 0 Å². The van der Waals surface area contributed by atoms with Gasteiger partial charge in [-0.05, 0) is 29.7 Å². The largest absolute Gasteiger partial charge is 0.344 e. The molecule has 0 saturated heterocycles. The van der Waals surface area contributed by atoms with Crippen molar-refractivity contribution in [3.8, 4) is 0 Å². The Balaban J connectivity index is 1.89. The van der Waals surface area contributed by atoms with Crippen molar-refractivity contribution in [3.63, 3.8) is 0 Å². The van der Waals surface area contributed by atoms with Gasteiger partial charge < -0.3 is 5.32 Å². The van der Waals surface area contributed by atoms with E-state index >= 15 is 0 Å². The number of halogens is 3. The average molecular weight is 324 g/mol. The van der Waals surface area contributed by atoms with Gasteiger partial charge in [-0.1, -0.05) is 41.9 Å². The molecule has 0 spiro atoms. The van der Waals surface area contributed by atoms with E-state index in [0.29, 0.717) is 6.42 Å². The van der Waals surface area contributed by atoms with E-state index in [1.807, 2.05) is 24.3 Å². The fraction of sp³-hybridized carbons (Fsp3) is 0.188. The number of nitrogens with one attached hydrogen (secondary N) is 1. The van der Waals surface area contributed by atoms with Gasteiger partial charge in [-0.15, -0.1) is 11.6 Å². The number of carbonyl (C=O) groups is 1. The van der Waals surface area contributed by atoms with Gasteiger partial charge in [0.15, 0.2) is 0 Å². The average Bonchev–Trinajstić information content (AvgIpc) is 2.75. The molecule has 0 fully saturated rings. The Morgan fingerprint density at radius 1 is 1.19 bits per heavy atom. The van der Waals surface area contributed by atoms with Crippen LogP contribution in [0.3, 0.4) is 0 Å². The summed E-state index contributed by atoms with van der Waals surface area (Å²) in [6.07, 6.45) is 0.674. The maximum atomic E-state index is 13.8. The van der Waals surface area contributed by atoms with Crippen LogP contribution in [0, 0.1) is 5.82 Å². The number of amides is 1. The van der Waals surface area contributed by atoms with Crippen LogP contribution in [0.5, 0.6) is 0 Å². The lowest BCUT2D eigenvalue weighted by Crippen LogP contribution is -2.32. The third-order valence-electron chi connectivity index (χ3n) is 3.64. The van der Waals surface area contributed by atoms with Gasteiger partial charge in [-0.3, -0.25) is 4.79 Å². The van der Waals surface area contributed by atoms with Gasteiger partial charge >= 0.3 is 0 Å². The third kappa shape index (κ3) is 2.63. The monoisotopic (exact) mass is 323 g/mol. The van der Waals surface area contributed by atoms with Crippen molar-refractivity contribution < 1.29 is 9.18 Å². The van der Waals surface area contributed by atoms with E-state index < -0.39 is 11.7 Å². The Morgan fingerprint density at radius 3 is 2.71 bits per heavy atom. The molecule has 0 heterocycles. The van der Waals surface area contributed by atoms with Crippen LogP contribution < -0.4 is 5.32 Å². The quantitative estimate of drug-likeness (QED) is 0.828. The molecule has 0 aromatic heterocycles. The number of carbonyl (C=O) groups excluding carboxylic acids is 1. The maximum absolute atomic E-state index is 13.8. The van der Waals surface area contributed by atoms with E-state index in [1.165, 1.54) is 18.2 Å². The highest BCUT2D eigenvalue weighted by Crippen LogP contribution is 2.35. The summed E-state index contributed by atoms with van der Waals surface area (Å²) in [4.78, 5) is 12.3. The van der Waals surface area contributed by atoms with Crippen molar-refractivity contribution in [1.82, 2.24) is 5.32 Å². The minimum absolute atomic E-state index is 0.0879. The standard InChI is InChI=1S/C16H12Cl2FNO/c17-11-6-3-7-13(19)14(11)16(21)20-15-10-5-2-1-4-9(10)8-12(15)18/h1-7,12,15H,8H2,(H,20,21). The SMILES string of the molecule is O=C(NC1c2ccccc2CC1Cl)c1c(F)cccc1Cl. The van der Waals surface area contributed by atoms with Gasteiger partial charge in [0.25, 0.3) is 5.91 Å². The first-order valence-corrected chi connectivity index (χ1v) is 7.36. The number of benzene rings is 2. The smallest absolute Gasteiger partial charge is 0.256 e. The van der Waals surface area contributed by atoms with Gasteiger partial charge in [-0.25, -0.2) is 4.39 Å². The molecule has 1 aliphatic rings. The van der Waals surface area contributed by atoms with Crippen molar-refractivity contribution in [1.29, 1.82) is 0 Å². The molecule has 0 bridgehead atoms. The van der Waals surface area contributed by atoms with Gasteiger partial charge in [0.05, 0.1) is 22.0 Å². The molecule has 0 radical (unpaired) electrons. The Labute approximate surface area is 131 Å². The minimum Gasteiger partial charge on any atom is -0.344 e. The molecular formula is C16H12Cl2FNO. The molecule has 1 aliphatic carbocycles. The summed E-state index contributed by atoms with van der Waals surface area (Å²) in [5, 5.41) is 2.62. The lowest BCUT2D eigenvalue weighted by atomic mass is 10.1. The van der Waals surface area contributed by atoms with Crippen LogP contribution in [-0.2, 0) is 6.42 Å². The highest BCUT2D eigenvalue weighted by atomic mass is 35.5. The summed E-state index contributed by atoms with van der Waals surface area (Å²) in [5.41, 5.74) is 1.92. The maximum Gasteiger partial charge on any atom is 0.256 e. The molecule has 2 atom stereocenters. The zero-order valence-corrected chi connectivity index (χ0v) is 12.5. The predicted molar refractivity (Wildman–Crippen MR) is 81.4 cm³/mol. The van der Waals surface area contributed by atoms with Crippen LogP contribution in [0.15, 0.2) is 42.5 Å². The Kier molecular flexibility index (Phi) is 3.87. The third-order valence-corrected chi connectivity index (χ3v) is 4.36. The number of hydrogen-bond donors (Lipinski definition) is 1. The zero-order chi connectivity index (χ0) is 15.0. The van der Waals surface area contributed by atoms with Crippen molar-refractivity contribution in [2.45, 2.75) is 17.8 Å². The van der Waals surface area contributed by atoms with E-state index in [4.69, 9.17) is 23.2 Å². The highest BCUT2D eigenvalue weighted by Gasteiger charge is 2.32. The molecule has 1 amide bonds. The number of hydrogen-bond acceptors (Lipinski definition) is 1. The van der Waals surface area contributed by atoms with Crippen LogP contribution in [0.25, 0.3) is 0 Å². The lowest BCUT2D eigenvalue weighted by molar-refractivity contribution is 0.0933. The molecule has 2 nitrogen and oxygen atoms in total. The lowest BCUT2D eigenvalue weighted by Gasteiger charge is -2.18. The van der Waals surface area contributed by atoms with E-state index in [0.717, 1.165) is 11.1 Å². The fourth-order valence-electron chi connectivity index (χ4n) is 2.64. The van der Waals surface area contributed by atoms with Crippen molar-refractivity contribution in [3.05, 3.63) is 70.0 Å². The van der Waals surface area contributed by atoms with Crippen molar-refractivity contribution in [2.75, 3.05) is 0 Å². The van der Waals surface area contributed by atoms with Gasteiger partial charge in [0, 0.05) is 0 Å². The second-order valence-corrected chi connectivity index (χ2v) is 5.93. The Hall–Kier alpha value is -1.58. The second-order valence-electron chi connectivity index (χ2n) is 4.97. The zero-order valence-electron chi connectivity index (χ0n) is 10.9. The normalized spacial score (nSPS) is 20.1. The van der Waals surface area contributed by atoms with Gasteiger partial charge in [0.1, 0.15) is 5.82 Å². The van der Waals surface area contributed by atoms with Crippen LogP contribution in [-0.4, -0.2) is 11.3 Å². The number of fused-ring (bicyclic) bond motifs is 1. The topological polar surface area (TPSA) is 29.1 Å². The van der Waals surface area contributed by atoms with Crippen LogP contribution in [0.1, 0.15) is 27.5 Å². The first kappa shape index (κ1) is 14.4. The Morgan fingerprint density at radius 2 is 1.95 bits per heavy atom. The molecule has 5 heteroatoms. The van der Waals surface area contributed by atoms with Crippen LogP contribution in [0.2, 0.25) is 5.02 Å². The van der Waals surface area contributed by atoms with E-state index in [2.05, 4.69) is 5.32 Å². The molecule has 2 aromatic carbocycles. The van der Waals surface area contributed by atoms with Gasteiger partial charge in [0.2, 0.25) is 0 Å². The van der Waals surface area contributed by atoms with E-state index in [9.17, 15) is 9.18 Å². The molecular weight excluding hydrogens is 312 g/mol. The highest BCUT2D eigenvalue weighted by molar-refractivity contribution is 6.33. The number of rotatable bonds is 2. The molecule has 21 heavy (non-hydrogen) atoms. The summed E-state index contributed by atoms with van der Waals surface area (Å²) in [6, 6.07) is 11.5. The molecule has 108 valence electrons. The first-order chi connectivity index (χ1) is 10.1. The van der Waals surface area contributed by atoms with Crippen molar-refractivity contribution >= 4 is 29.1 Å². The fourth-order valence-corrected chi connectivity index (χ4v) is 3.26. The molecule has 1 N–H and O–H groups in total. The second kappa shape index (κ2) is 5.66. The molecule has 0 aliphatic heterocycles. The molecule has 3 rings (SSSR count). The molecule has 2 unspecified atom stereocenters. The summed E-state index contributed by atoms with van der Waals surface area (Å²) >= 11 is 12.2. The summed E-state index contributed by atoms with van der Waals surface area (Å²) in [6.45, 7) is 0. The van der Waals surface area contributed by atoms with E-state index in [-0.39, 0.29) is 22.0 Å². The summed E-state index contributed by atoms with van der Waals surface area (Å²) < 4.78 is 13.8. The first-order valence-electron chi connectivity index (χ1n) is 6.54. The minimum atomic E-state index is -0.641.